The zero-order valence-corrected chi connectivity index (χ0v) is 19.2. The van der Waals surface area contributed by atoms with Crippen LogP contribution in [0.5, 0.6) is 0 Å². The third-order valence-corrected chi connectivity index (χ3v) is 6.79. The maximum atomic E-state index is 13.3. The van der Waals surface area contributed by atoms with Crippen LogP contribution < -0.4 is 5.43 Å². The molecule has 0 unspecified atom stereocenters. The molecule has 1 heterocycles. The Hall–Kier alpha value is -3.16. The van der Waals surface area contributed by atoms with Crippen molar-refractivity contribution < 1.29 is 0 Å². The number of pyridine rings is 1. The maximum absolute atomic E-state index is 13.3. The molecule has 0 aliphatic heterocycles. The standard InChI is InChI=1S/C28H31N3O/c1-4-19-11-8-12-20(5-2)28(19)24-16-27(32)23(25(17-29)30-24)18-31(3)26-15-9-13-21-10-6-7-14-22(21)26/h6-8,10-12,14,16,26H,4-5,9,13,15,18H2,1-3H3,(H,30,32)/t26-/m0/s1. The number of nitrogens with zero attached hydrogens (tertiary/aromatic N) is 2. The van der Waals surface area contributed by atoms with E-state index in [1.54, 1.807) is 6.07 Å². The summed E-state index contributed by atoms with van der Waals surface area (Å²) < 4.78 is 0. The van der Waals surface area contributed by atoms with Crippen LogP contribution in [0.25, 0.3) is 11.3 Å². The third-order valence-electron chi connectivity index (χ3n) is 6.79. The molecule has 0 fully saturated rings. The Bertz CT molecular complexity index is 1200. The van der Waals surface area contributed by atoms with E-state index in [2.05, 4.69) is 79.3 Å². The Morgan fingerprint density at radius 1 is 1.09 bits per heavy atom. The molecule has 1 aliphatic rings. The van der Waals surface area contributed by atoms with Crippen molar-refractivity contribution in [2.24, 2.45) is 0 Å². The summed E-state index contributed by atoms with van der Waals surface area (Å²) in [5, 5.41) is 9.91. The van der Waals surface area contributed by atoms with Crippen molar-refractivity contribution in [3.63, 3.8) is 0 Å². The number of nitriles is 1. The van der Waals surface area contributed by atoms with Crippen LogP contribution in [0.1, 0.15) is 66.2 Å². The number of nitrogens with one attached hydrogen (secondary N) is 1. The van der Waals surface area contributed by atoms with Gasteiger partial charge in [-0.15, -0.1) is 0 Å². The lowest BCUT2D eigenvalue weighted by Crippen LogP contribution is -2.30. The van der Waals surface area contributed by atoms with Gasteiger partial charge in [0.05, 0.1) is 5.69 Å². The molecule has 0 spiro atoms. The van der Waals surface area contributed by atoms with Crippen LogP contribution in [-0.2, 0) is 25.8 Å². The first-order valence-corrected chi connectivity index (χ1v) is 11.6. The second-order valence-corrected chi connectivity index (χ2v) is 8.69. The van der Waals surface area contributed by atoms with Crippen LogP contribution in [0.4, 0.5) is 0 Å². The summed E-state index contributed by atoms with van der Waals surface area (Å²) in [5.74, 6) is 0. The molecule has 2 aromatic carbocycles. The number of aromatic nitrogens is 1. The second kappa shape index (κ2) is 9.54. The van der Waals surface area contributed by atoms with Crippen LogP contribution in [0.2, 0.25) is 0 Å². The molecule has 32 heavy (non-hydrogen) atoms. The van der Waals surface area contributed by atoms with Crippen molar-refractivity contribution in [1.29, 1.82) is 5.26 Å². The molecular weight excluding hydrogens is 394 g/mol. The minimum Gasteiger partial charge on any atom is -0.346 e. The van der Waals surface area contributed by atoms with E-state index < -0.39 is 0 Å². The Kier molecular flexibility index (Phi) is 6.58. The fourth-order valence-corrected chi connectivity index (χ4v) is 5.11. The topological polar surface area (TPSA) is 59.9 Å². The molecule has 4 heteroatoms. The lowest BCUT2D eigenvalue weighted by molar-refractivity contribution is 0.212. The van der Waals surface area contributed by atoms with Crippen LogP contribution >= 0.6 is 0 Å². The molecular formula is C28H31N3O. The van der Waals surface area contributed by atoms with Gasteiger partial charge in [0.15, 0.2) is 5.43 Å². The Morgan fingerprint density at radius 2 is 1.81 bits per heavy atom. The summed E-state index contributed by atoms with van der Waals surface area (Å²) in [6, 6.07) is 19.1. The lowest BCUT2D eigenvalue weighted by atomic mass is 9.87. The van der Waals surface area contributed by atoms with Gasteiger partial charge in [0.1, 0.15) is 11.8 Å². The van der Waals surface area contributed by atoms with E-state index in [4.69, 9.17) is 0 Å². The Morgan fingerprint density at radius 3 is 2.50 bits per heavy atom. The number of H-pyrrole nitrogens is 1. The van der Waals surface area contributed by atoms with Gasteiger partial charge in [-0.25, -0.2) is 0 Å². The van der Waals surface area contributed by atoms with Crippen molar-refractivity contribution in [2.45, 2.75) is 58.5 Å². The van der Waals surface area contributed by atoms with Gasteiger partial charge in [0.2, 0.25) is 0 Å². The van der Waals surface area contributed by atoms with Crippen LogP contribution in [0.15, 0.2) is 53.3 Å². The molecule has 1 atom stereocenters. The zero-order chi connectivity index (χ0) is 22.7. The fraction of sp³-hybridized carbons (Fsp3) is 0.357. The minimum absolute atomic E-state index is 0.0702. The quantitative estimate of drug-likeness (QED) is 0.563. The van der Waals surface area contributed by atoms with Gasteiger partial charge in [0.25, 0.3) is 0 Å². The van der Waals surface area contributed by atoms with E-state index in [9.17, 15) is 10.1 Å². The predicted octanol–water partition coefficient (Wildman–Crippen LogP) is 5.55. The third kappa shape index (κ3) is 4.13. The van der Waals surface area contributed by atoms with Crippen molar-refractivity contribution in [3.8, 4) is 17.3 Å². The minimum atomic E-state index is -0.0702. The highest BCUT2D eigenvalue weighted by Gasteiger charge is 2.25. The molecule has 1 aliphatic carbocycles. The smallest absolute Gasteiger partial charge is 0.188 e. The first-order chi connectivity index (χ1) is 15.6. The molecule has 0 saturated heterocycles. The molecule has 1 aromatic heterocycles. The normalized spacial score (nSPS) is 15.4. The molecule has 0 radical (unpaired) electrons. The predicted molar refractivity (Wildman–Crippen MR) is 130 cm³/mol. The highest BCUT2D eigenvalue weighted by molar-refractivity contribution is 5.69. The van der Waals surface area contributed by atoms with Gasteiger partial charge in [-0.3, -0.25) is 9.69 Å². The van der Waals surface area contributed by atoms with Gasteiger partial charge < -0.3 is 4.98 Å². The molecule has 4 nitrogen and oxygen atoms in total. The molecule has 0 bridgehead atoms. The van der Waals surface area contributed by atoms with Crippen LogP contribution in [-0.4, -0.2) is 16.9 Å². The van der Waals surface area contributed by atoms with E-state index in [-0.39, 0.29) is 11.5 Å². The fourth-order valence-electron chi connectivity index (χ4n) is 5.11. The van der Waals surface area contributed by atoms with Gasteiger partial charge in [-0.2, -0.15) is 5.26 Å². The Labute approximate surface area is 190 Å². The number of rotatable bonds is 6. The summed E-state index contributed by atoms with van der Waals surface area (Å²) in [6.07, 6.45) is 5.06. The molecule has 0 saturated carbocycles. The Balaban J connectivity index is 1.71. The summed E-state index contributed by atoms with van der Waals surface area (Å²) in [4.78, 5) is 18.8. The number of fused-ring (bicyclic) bond motifs is 1. The summed E-state index contributed by atoms with van der Waals surface area (Å²) in [6.45, 7) is 4.69. The highest BCUT2D eigenvalue weighted by Crippen LogP contribution is 2.34. The number of hydrogen-bond donors (Lipinski definition) is 1. The second-order valence-electron chi connectivity index (χ2n) is 8.69. The van der Waals surface area contributed by atoms with E-state index >= 15 is 0 Å². The van der Waals surface area contributed by atoms with E-state index in [0.717, 1.165) is 43.4 Å². The van der Waals surface area contributed by atoms with Crippen LogP contribution in [0.3, 0.4) is 0 Å². The van der Waals surface area contributed by atoms with Crippen molar-refractivity contribution in [1.82, 2.24) is 9.88 Å². The molecule has 0 amide bonds. The molecule has 4 rings (SSSR count). The number of hydrogen-bond acceptors (Lipinski definition) is 3. The number of aromatic amines is 1. The van der Waals surface area contributed by atoms with Crippen molar-refractivity contribution in [3.05, 3.63) is 92.3 Å². The van der Waals surface area contributed by atoms with Gasteiger partial charge in [-0.1, -0.05) is 56.3 Å². The SMILES string of the molecule is CCc1cccc(CC)c1-c1cc(=O)c(CN(C)[C@H]2CCCc3ccccc32)c(C#N)[nH]1. The first-order valence-electron chi connectivity index (χ1n) is 11.6. The van der Waals surface area contributed by atoms with E-state index in [1.165, 1.54) is 22.3 Å². The zero-order valence-electron chi connectivity index (χ0n) is 19.2. The highest BCUT2D eigenvalue weighted by atomic mass is 16.1. The number of aryl methyl sites for hydroxylation is 3. The largest absolute Gasteiger partial charge is 0.346 e. The summed E-state index contributed by atoms with van der Waals surface area (Å²) >= 11 is 0. The van der Waals surface area contributed by atoms with E-state index in [1.807, 2.05) is 0 Å². The molecule has 1 N–H and O–H groups in total. The van der Waals surface area contributed by atoms with E-state index in [0.29, 0.717) is 17.8 Å². The lowest BCUT2D eigenvalue weighted by Gasteiger charge is -2.33. The monoisotopic (exact) mass is 425 g/mol. The van der Waals surface area contributed by atoms with Gasteiger partial charge in [-0.05, 0) is 61.4 Å². The van der Waals surface area contributed by atoms with Crippen molar-refractivity contribution in [2.75, 3.05) is 7.05 Å². The average molecular weight is 426 g/mol. The first kappa shape index (κ1) is 22.0. The summed E-state index contributed by atoms with van der Waals surface area (Å²) in [7, 11) is 2.06. The average Bonchev–Trinajstić information content (AvgIpc) is 2.83. The van der Waals surface area contributed by atoms with Crippen molar-refractivity contribution >= 4 is 0 Å². The maximum Gasteiger partial charge on any atom is 0.188 e. The molecule has 3 aromatic rings. The van der Waals surface area contributed by atoms with Gasteiger partial charge >= 0.3 is 0 Å². The van der Waals surface area contributed by atoms with Crippen LogP contribution in [0, 0.1) is 11.3 Å². The summed E-state index contributed by atoms with van der Waals surface area (Å²) in [5.41, 5.74) is 7.77. The number of benzene rings is 2. The molecule has 164 valence electrons. The van der Waals surface area contributed by atoms with Gasteiger partial charge in [0, 0.05) is 29.8 Å².